The van der Waals surface area contributed by atoms with Crippen LogP contribution < -0.4 is 10.6 Å². The van der Waals surface area contributed by atoms with Gasteiger partial charge in [0.15, 0.2) is 0 Å². The van der Waals surface area contributed by atoms with Gasteiger partial charge in [-0.1, -0.05) is 37.0 Å². The van der Waals surface area contributed by atoms with Crippen LogP contribution >= 0.6 is 0 Å². The van der Waals surface area contributed by atoms with Crippen LogP contribution in [-0.4, -0.2) is 22.8 Å². The van der Waals surface area contributed by atoms with E-state index in [-0.39, 0.29) is 17.9 Å². The quantitative estimate of drug-likeness (QED) is 0.893. The van der Waals surface area contributed by atoms with E-state index in [1.54, 1.807) is 6.07 Å². The third kappa shape index (κ3) is 4.66. The van der Waals surface area contributed by atoms with E-state index in [4.69, 9.17) is 0 Å². The molecule has 1 aliphatic carbocycles. The fraction of sp³-hybridized carbons (Fsp3) is 0.350. The summed E-state index contributed by atoms with van der Waals surface area (Å²) < 4.78 is 0. The van der Waals surface area contributed by atoms with Crippen LogP contribution in [0.4, 0.5) is 5.69 Å². The lowest BCUT2D eigenvalue weighted by Gasteiger charge is -2.22. The fourth-order valence-electron chi connectivity index (χ4n) is 3.04. The van der Waals surface area contributed by atoms with Crippen molar-refractivity contribution in [1.82, 2.24) is 10.3 Å². The number of hydrogen-bond donors (Lipinski definition) is 2. The van der Waals surface area contributed by atoms with E-state index in [0.29, 0.717) is 16.8 Å². The van der Waals surface area contributed by atoms with Crippen LogP contribution in [0.5, 0.6) is 0 Å². The number of nitrogens with one attached hydrogen (secondary N) is 2. The number of anilines is 1. The molecule has 5 nitrogen and oxygen atoms in total. The van der Waals surface area contributed by atoms with Crippen LogP contribution in [0.3, 0.4) is 0 Å². The molecular formula is C20H23N3O2. The fourth-order valence-corrected chi connectivity index (χ4v) is 3.04. The van der Waals surface area contributed by atoms with Gasteiger partial charge in [0, 0.05) is 24.1 Å². The summed E-state index contributed by atoms with van der Waals surface area (Å²) in [4.78, 5) is 28.8. The summed E-state index contributed by atoms with van der Waals surface area (Å²) in [6.45, 7) is 1.99. The molecule has 1 saturated carbocycles. The van der Waals surface area contributed by atoms with Crippen molar-refractivity contribution in [2.75, 3.05) is 5.32 Å². The standard InChI is InChI=1S/C20H23N3O2/c1-14-7-9-18(10-8-14)23-20(25)16-11-15(12-21-13-16)19(24)22-17-5-3-2-4-6-17/h7-13,17H,2-6H2,1H3,(H,22,24)(H,23,25). The Morgan fingerprint density at radius 1 is 0.960 bits per heavy atom. The summed E-state index contributed by atoms with van der Waals surface area (Å²) in [6.07, 6.45) is 8.56. The zero-order valence-electron chi connectivity index (χ0n) is 14.4. The summed E-state index contributed by atoms with van der Waals surface area (Å²) in [7, 11) is 0. The number of nitrogens with zero attached hydrogens (tertiary/aromatic N) is 1. The van der Waals surface area contributed by atoms with Crippen LogP contribution in [0.15, 0.2) is 42.7 Å². The lowest BCUT2D eigenvalue weighted by atomic mass is 9.95. The Morgan fingerprint density at radius 2 is 1.60 bits per heavy atom. The molecule has 0 spiro atoms. The minimum absolute atomic E-state index is 0.163. The Labute approximate surface area is 147 Å². The second-order valence-corrected chi connectivity index (χ2v) is 6.59. The maximum Gasteiger partial charge on any atom is 0.257 e. The van der Waals surface area contributed by atoms with Gasteiger partial charge in [0.05, 0.1) is 11.1 Å². The predicted molar refractivity (Wildman–Crippen MR) is 97.7 cm³/mol. The monoisotopic (exact) mass is 337 g/mol. The average Bonchev–Trinajstić information content (AvgIpc) is 2.64. The molecule has 5 heteroatoms. The van der Waals surface area contributed by atoms with Crippen molar-refractivity contribution >= 4 is 17.5 Å². The van der Waals surface area contributed by atoms with Crippen LogP contribution in [0.1, 0.15) is 58.4 Å². The molecule has 0 unspecified atom stereocenters. The topological polar surface area (TPSA) is 71.1 Å². The van der Waals surface area contributed by atoms with E-state index in [9.17, 15) is 9.59 Å². The molecule has 2 amide bonds. The largest absolute Gasteiger partial charge is 0.349 e. The van der Waals surface area contributed by atoms with Crippen molar-refractivity contribution < 1.29 is 9.59 Å². The van der Waals surface area contributed by atoms with Crippen molar-refractivity contribution in [3.8, 4) is 0 Å². The van der Waals surface area contributed by atoms with Gasteiger partial charge in [0.25, 0.3) is 11.8 Å². The Bertz CT molecular complexity index is 750. The highest BCUT2D eigenvalue weighted by Gasteiger charge is 2.18. The predicted octanol–water partition coefficient (Wildman–Crippen LogP) is 3.70. The number of carbonyl (C=O) groups excluding carboxylic acids is 2. The molecule has 1 fully saturated rings. The van der Waals surface area contributed by atoms with E-state index in [2.05, 4.69) is 15.6 Å². The highest BCUT2D eigenvalue weighted by Crippen LogP contribution is 2.18. The smallest absolute Gasteiger partial charge is 0.257 e. The third-order valence-electron chi connectivity index (χ3n) is 4.51. The Balaban J connectivity index is 1.66. The first-order chi connectivity index (χ1) is 12.1. The van der Waals surface area contributed by atoms with Gasteiger partial charge in [0.1, 0.15) is 0 Å². The molecule has 0 atom stereocenters. The minimum Gasteiger partial charge on any atom is -0.349 e. The van der Waals surface area contributed by atoms with Gasteiger partial charge in [0.2, 0.25) is 0 Å². The molecule has 1 aromatic carbocycles. The Kier molecular flexibility index (Phi) is 5.43. The van der Waals surface area contributed by atoms with Gasteiger partial charge in [-0.05, 0) is 38.0 Å². The molecule has 2 aromatic rings. The molecule has 3 rings (SSSR count). The van der Waals surface area contributed by atoms with Crippen molar-refractivity contribution in [2.24, 2.45) is 0 Å². The zero-order chi connectivity index (χ0) is 17.6. The van der Waals surface area contributed by atoms with Crippen LogP contribution in [0.25, 0.3) is 0 Å². The van der Waals surface area contributed by atoms with E-state index < -0.39 is 0 Å². The number of aromatic nitrogens is 1. The number of carbonyl (C=O) groups is 2. The van der Waals surface area contributed by atoms with Crippen molar-refractivity contribution in [3.05, 3.63) is 59.4 Å². The second-order valence-electron chi connectivity index (χ2n) is 6.59. The first-order valence-corrected chi connectivity index (χ1v) is 8.76. The normalized spacial score (nSPS) is 14.8. The molecule has 130 valence electrons. The first kappa shape index (κ1) is 17.1. The van der Waals surface area contributed by atoms with Crippen LogP contribution in [0.2, 0.25) is 0 Å². The number of rotatable bonds is 4. The highest BCUT2D eigenvalue weighted by atomic mass is 16.2. The van der Waals surface area contributed by atoms with Gasteiger partial charge in [-0.15, -0.1) is 0 Å². The van der Waals surface area contributed by atoms with Crippen LogP contribution in [0, 0.1) is 6.92 Å². The maximum absolute atomic E-state index is 12.4. The van der Waals surface area contributed by atoms with E-state index in [0.717, 1.165) is 31.2 Å². The maximum atomic E-state index is 12.4. The lowest BCUT2D eigenvalue weighted by molar-refractivity contribution is 0.0927. The molecule has 0 bridgehead atoms. The number of aryl methyl sites for hydroxylation is 1. The van der Waals surface area contributed by atoms with Crippen molar-refractivity contribution in [2.45, 2.75) is 45.1 Å². The van der Waals surface area contributed by atoms with Gasteiger partial charge in [-0.25, -0.2) is 0 Å². The molecule has 0 saturated heterocycles. The summed E-state index contributed by atoms with van der Waals surface area (Å²) in [6, 6.07) is 9.38. The highest BCUT2D eigenvalue weighted by molar-refractivity contribution is 6.05. The van der Waals surface area contributed by atoms with E-state index >= 15 is 0 Å². The first-order valence-electron chi connectivity index (χ1n) is 8.76. The second kappa shape index (κ2) is 7.92. The molecule has 1 heterocycles. The molecular weight excluding hydrogens is 314 g/mol. The van der Waals surface area contributed by atoms with Gasteiger partial charge in [-0.3, -0.25) is 14.6 Å². The summed E-state index contributed by atoms with van der Waals surface area (Å²) in [5.74, 6) is -0.437. The molecule has 2 N–H and O–H groups in total. The molecule has 1 aliphatic rings. The SMILES string of the molecule is Cc1ccc(NC(=O)c2cncc(C(=O)NC3CCCCC3)c2)cc1. The lowest BCUT2D eigenvalue weighted by Crippen LogP contribution is -2.36. The molecule has 0 aliphatic heterocycles. The van der Waals surface area contributed by atoms with Gasteiger partial charge in [-0.2, -0.15) is 0 Å². The Hall–Kier alpha value is -2.69. The summed E-state index contributed by atoms with van der Waals surface area (Å²) in [5, 5.41) is 5.87. The van der Waals surface area contributed by atoms with Crippen LogP contribution in [-0.2, 0) is 0 Å². The molecule has 1 aromatic heterocycles. The van der Waals surface area contributed by atoms with Gasteiger partial charge >= 0.3 is 0 Å². The zero-order valence-corrected chi connectivity index (χ0v) is 14.4. The van der Waals surface area contributed by atoms with E-state index in [1.165, 1.54) is 18.8 Å². The van der Waals surface area contributed by atoms with Crippen molar-refractivity contribution in [3.63, 3.8) is 0 Å². The molecule has 25 heavy (non-hydrogen) atoms. The summed E-state index contributed by atoms with van der Waals surface area (Å²) in [5.41, 5.74) is 2.63. The third-order valence-corrected chi connectivity index (χ3v) is 4.51. The van der Waals surface area contributed by atoms with Crippen molar-refractivity contribution in [1.29, 1.82) is 0 Å². The number of amides is 2. The van der Waals surface area contributed by atoms with Gasteiger partial charge < -0.3 is 10.6 Å². The Morgan fingerprint density at radius 3 is 2.28 bits per heavy atom. The average molecular weight is 337 g/mol. The summed E-state index contributed by atoms with van der Waals surface area (Å²) >= 11 is 0. The number of hydrogen-bond acceptors (Lipinski definition) is 3. The molecule has 0 radical (unpaired) electrons. The number of pyridine rings is 1. The van der Waals surface area contributed by atoms with E-state index in [1.807, 2.05) is 31.2 Å². The minimum atomic E-state index is -0.274. The number of benzene rings is 1.